The Labute approximate surface area is 144 Å². The summed E-state index contributed by atoms with van der Waals surface area (Å²) in [6.07, 6.45) is 7.35. The molecule has 2 aliphatic rings. The molecular weight excluding hydrogens is 300 g/mol. The molecule has 4 nitrogen and oxygen atoms in total. The van der Waals surface area contributed by atoms with Crippen LogP contribution in [-0.4, -0.2) is 36.3 Å². The van der Waals surface area contributed by atoms with Crippen LogP contribution in [0, 0.1) is 0 Å². The third-order valence-electron chi connectivity index (χ3n) is 5.57. The standard InChI is InChI=1S/C20H28N2O2/c1-21-19(23)12-5-13-20(24)22-14-6-11-18(22)17-10-4-8-15-7-2-3-9-16(15)17/h2-3,7,9,17-18H,4-6,8,10-14H2,1H3,(H,21,23)/t17-,18+/m0/s1. The highest BCUT2D eigenvalue weighted by Crippen LogP contribution is 2.39. The van der Waals surface area contributed by atoms with Crippen molar-refractivity contribution in [2.75, 3.05) is 13.6 Å². The Morgan fingerprint density at radius 2 is 2.00 bits per heavy atom. The zero-order valence-electron chi connectivity index (χ0n) is 14.6. The molecule has 0 spiro atoms. The number of carbonyl (C=O) groups is 2. The van der Waals surface area contributed by atoms with Gasteiger partial charge in [-0.05, 0) is 49.7 Å². The summed E-state index contributed by atoms with van der Waals surface area (Å²) >= 11 is 0. The molecule has 1 fully saturated rings. The molecule has 0 unspecified atom stereocenters. The van der Waals surface area contributed by atoms with E-state index in [1.54, 1.807) is 7.05 Å². The van der Waals surface area contributed by atoms with Gasteiger partial charge in [-0.15, -0.1) is 0 Å². The molecular formula is C20H28N2O2. The van der Waals surface area contributed by atoms with Crippen LogP contribution in [0.15, 0.2) is 24.3 Å². The highest BCUT2D eigenvalue weighted by molar-refractivity contribution is 5.79. The smallest absolute Gasteiger partial charge is 0.222 e. The average molecular weight is 328 g/mol. The molecule has 1 aliphatic heterocycles. The molecule has 0 radical (unpaired) electrons. The molecule has 0 bridgehead atoms. The fourth-order valence-electron chi connectivity index (χ4n) is 4.38. The van der Waals surface area contributed by atoms with Crippen molar-refractivity contribution in [2.24, 2.45) is 0 Å². The Bertz CT molecular complexity index is 599. The van der Waals surface area contributed by atoms with Crippen LogP contribution in [0.1, 0.15) is 62.0 Å². The fourth-order valence-corrected chi connectivity index (χ4v) is 4.38. The summed E-state index contributed by atoms with van der Waals surface area (Å²) in [6, 6.07) is 9.09. The van der Waals surface area contributed by atoms with Crippen molar-refractivity contribution in [3.8, 4) is 0 Å². The second kappa shape index (κ2) is 7.82. The van der Waals surface area contributed by atoms with Gasteiger partial charge >= 0.3 is 0 Å². The van der Waals surface area contributed by atoms with Gasteiger partial charge in [0.25, 0.3) is 0 Å². The van der Waals surface area contributed by atoms with Crippen LogP contribution in [0.4, 0.5) is 0 Å². The average Bonchev–Trinajstić information content (AvgIpc) is 3.10. The normalized spacial score (nSPS) is 23.0. The lowest BCUT2D eigenvalue weighted by Gasteiger charge is -2.35. The number of nitrogens with one attached hydrogen (secondary N) is 1. The molecule has 2 amide bonds. The highest BCUT2D eigenvalue weighted by Gasteiger charge is 2.36. The second-order valence-corrected chi connectivity index (χ2v) is 7.02. The number of hydrogen-bond acceptors (Lipinski definition) is 2. The van der Waals surface area contributed by atoms with E-state index in [4.69, 9.17) is 0 Å². The number of nitrogens with zero attached hydrogens (tertiary/aromatic N) is 1. The summed E-state index contributed by atoms with van der Waals surface area (Å²) < 4.78 is 0. The Hall–Kier alpha value is -1.84. The summed E-state index contributed by atoms with van der Waals surface area (Å²) in [4.78, 5) is 26.1. The maximum absolute atomic E-state index is 12.7. The van der Waals surface area contributed by atoms with Gasteiger partial charge in [0.2, 0.25) is 11.8 Å². The van der Waals surface area contributed by atoms with Crippen LogP contribution in [0.2, 0.25) is 0 Å². The van der Waals surface area contributed by atoms with Crippen molar-refractivity contribution in [2.45, 2.75) is 63.3 Å². The summed E-state index contributed by atoms with van der Waals surface area (Å²) in [5, 5.41) is 2.62. The number of likely N-dealkylation sites (tertiary alicyclic amines) is 1. The molecule has 0 aromatic heterocycles. The predicted molar refractivity (Wildman–Crippen MR) is 94.8 cm³/mol. The Kier molecular flexibility index (Phi) is 5.54. The molecule has 1 aromatic rings. The van der Waals surface area contributed by atoms with Gasteiger partial charge in [-0.2, -0.15) is 0 Å². The molecule has 1 aliphatic carbocycles. The Morgan fingerprint density at radius 1 is 1.17 bits per heavy atom. The third-order valence-corrected chi connectivity index (χ3v) is 5.57. The molecule has 1 saturated heterocycles. The second-order valence-electron chi connectivity index (χ2n) is 7.02. The number of hydrogen-bond donors (Lipinski definition) is 1. The van der Waals surface area contributed by atoms with Crippen LogP contribution >= 0.6 is 0 Å². The van der Waals surface area contributed by atoms with Gasteiger partial charge in [-0.3, -0.25) is 9.59 Å². The molecule has 1 aromatic carbocycles. The first-order chi connectivity index (χ1) is 11.7. The predicted octanol–water partition coefficient (Wildman–Crippen LogP) is 3.01. The van der Waals surface area contributed by atoms with Gasteiger partial charge in [-0.25, -0.2) is 0 Å². The van der Waals surface area contributed by atoms with E-state index < -0.39 is 0 Å². The lowest BCUT2D eigenvalue weighted by Crippen LogP contribution is -2.40. The lowest BCUT2D eigenvalue weighted by atomic mass is 9.78. The largest absolute Gasteiger partial charge is 0.359 e. The van der Waals surface area contributed by atoms with Crippen molar-refractivity contribution in [3.63, 3.8) is 0 Å². The van der Waals surface area contributed by atoms with E-state index in [2.05, 4.69) is 34.5 Å². The van der Waals surface area contributed by atoms with E-state index in [0.717, 1.165) is 19.4 Å². The van der Waals surface area contributed by atoms with Gasteiger partial charge in [0.05, 0.1) is 0 Å². The number of fused-ring (bicyclic) bond motifs is 1. The van der Waals surface area contributed by atoms with Gasteiger partial charge in [0.15, 0.2) is 0 Å². The first-order valence-electron chi connectivity index (χ1n) is 9.28. The number of amides is 2. The first kappa shape index (κ1) is 17.0. The number of aryl methyl sites for hydroxylation is 1. The van der Waals surface area contributed by atoms with Crippen molar-refractivity contribution < 1.29 is 9.59 Å². The van der Waals surface area contributed by atoms with Gasteiger partial charge in [0, 0.05) is 38.4 Å². The summed E-state index contributed by atoms with van der Waals surface area (Å²) in [7, 11) is 1.64. The van der Waals surface area contributed by atoms with Gasteiger partial charge < -0.3 is 10.2 Å². The van der Waals surface area contributed by atoms with E-state index in [1.807, 2.05) is 0 Å². The van der Waals surface area contributed by atoms with Crippen molar-refractivity contribution in [1.29, 1.82) is 0 Å². The summed E-state index contributed by atoms with van der Waals surface area (Å²) in [5.74, 6) is 0.728. The summed E-state index contributed by atoms with van der Waals surface area (Å²) in [6.45, 7) is 0.877. The zero-order chi connectivity index (χ0) is 16.9. The monoisotopic (exact) mass is 328 g/mol. The summed E-state index contributed by atoms with van der Waals surface area (Å²) in [5.41, 5.74) is 2.92. The SMILES string of the molecule is CNC(=O)CCCC(=O)N1CCC[C@@H]1[C@H]1CCCc2ccccc21. The van der Waals surface area contributed by atoms with Crippen LogP contribution in [-0.2, 0) is 16.0 Å². The third kappa shape index (κ3) is 3.63. The number of carbonyl (C=O) groups excluding carboxylic acids is 2. The van der Waals surface area contributed by atoms with E-state index in [9.17, 15) is 9.59 Å². The highest BCUT2D eigenvalue weighted by atomic mass is 16.2. The van der Waals surface area contributed by atoms with Crippen molar-refractivity contribution in [1.82, 2.24) is 10.2 Å². The Morgan fingerprint density at radius 3 is 2.83 bits per heavy atom. The minimum Gasteiger partial charge on any atom is -0.359 e. The van der Waals surface area contributed by atoms with Crippen molar-refractivity contribution in [3.05, 3.63) is 35.4 Å². The quantitative estimate of drug-likeness (QED) is 0.903. The maximum Gasteiger partial charge on any atom is 0.222 e. The molecule has 3 rings (SSSR count). The van der Waals surface area contributed by atoms with Gasteiger partial charge in [-0.1, -0.05) is 24.3 Å². The van der Waals surface area contributed by atoms with Crippen LogP contribution in [0.5, 0.6) is 0 Å². The fraction of sp³-hybridized carbons (Fsp3) is 0.600. The Balaban J connectivity index is 1.66. The molecule has 1 N–H and O–H groups in total. The van der Waals surface area contributed by atoms with Gasteiger partial charge in [0.1, 0.15) is 0 Å². The van der Waals surface area contributed by atoms with E-state index in [1.165, 1.54) is 30.4 Å². The van der Waals surface area contributed by atoms with Crippen LogP contribution in [0.3, 0.4) is 0 Å². The zero-order valence-corrected chi connectivity index (χ0v) is 14.6. The maximum atomic E-state index is 12.7. The number of rotatable bonds is 5. The van der Waals surface area contributed by atoms with Crippen LogP contribution < -0.4 is 5.32 Å². The van der Waals surface area contributed by atoms with E-state index in [0.29, 0.717) is 31.2 Å². The first-order valence-corrected chi connectivity index (χ1v) is 9.28. The van der Waals surface area contributed by atoms with E-state index in [-0.39, 0.29) is 11.8 Å². The van der Waals surface area contributed by atoms with E-state index >= 15 is 0 Å². The molecule has 4 heteroatoms. The molecule has 130 valence electrons. The molecule has 1 heterocycles. The minimum absolute atomic E-state index is 0.0157. The molecule has 0 saturated carbocycles. The van der Waals surface area contributed by atoms with Crippen molar-refractivity contribution >= 4 is 11.8 Å². The molecule has 24 heavy (non-hydrogen) atoms. The lowest BCUT2D eigenvalue weighted by molar-refractivity contribution is -0.132. The number of benzene rings is 1. The molecule has 2 atom stereocenters. The topological polar surface area (TPSA) is 49.4 Å². The van der Waals surface area contributed by atoms with Crippen LogP contribution in [0.25, 0.3) is 0 Å². The minimum atomic E-state index is 0.0157.